The van der Waals surface area contributed by atoms with Crippen molar-refractivity contribution in [3.8, 4) is 0 Å². The van der Waals surface area contributed by atoms with Crippen molar-refractivity contribution in [3.63, 3.8) is 0 Å². The van der Waals surface area contributed by atoms with Crippen LogP contribution in [-0.4, -0.2) is 138 Å². The summed E-state index contributed by atoms with van der Waals surface area (Å²) >= 11 is 12.4. The third-order valence-electron chi connectivity index (χ3n) is 9.84. The number of carbonyl (C=O) groups is 3. The maximum absolute atomic E-state index is 13.5. The molecule has 13 nitrogen and oxygen atoms in total. The van der Waals surface area contributed by atoms with E-state index in [9.17, 15) is 14.4 Å². The average Bonchev–Trinajstić information content (AvgIpc) is 3.68. The van der Waals surface area contributed by atoms with Gasteiger partial charge in [-0.1, -0.05) is 63.8 Å². The monoisotopic (exact) mass is 742 g/mol. The number of amides is 4. The topological polar surface area (TPSA) is 148 Å². The molecule has 2 aromatic rings. The number of carbonyl (C=O) groups excluding carboxylic acids is 3. The minimum Gasteiger partial charge on any atom is -0.409 e. The Labute approximate surface area is 309 Å². The molecule has 1 atom stereocenters. The zero-order chi connectivity index (χ0) is 36.3. The van der Waals surface area contributed by atoms with Gasteiger partial charge < -0.3 is 40.3 Å². The number of hydrogen-bond donors (Lipinski definition) is 2. The smallest absolute Gasteiger partial charge is 0.320 e. The number of piperidine rings is 1. The minimum absolute atomic E-state index is 0.0252. The summed E-state index contributed by atoms with van der Waals surface area (Å²) in [5.74, 6) is -0.597. The highest BCUT2D eigenvalue weighted by molar-refractivity contribution is 6.35. The first-order chi connectivity index (χ1) is 24.6. The fraction of sp³-hybridized carbons (Fsp3) is 0.528. The summed E-state index contributed by atoms with van der Waals surface area (Å²) in [6.45, 7) is 5.37. The number of nitrogens with zero attached hydrogens (tertiary/aromatic N) is 7. The van der Waals surface area contributed by atoms with E-state index in [2.05, 4.69) is 15.2 Å². The molecule has 1 unspecified atom stereocenters. The Morgan fingerprint density at radius 2 is 1.69 bits per heavy atom. The van der Waals surface area contributed by atoms with Crippen LogP contribution < -0.4 is 5.73 Å². The SMILES string of the molecule is CN(C/C(=N\OC/C(N)=N/O)C(CCN1CCC(N2CCCN(CC(=O)N3CCCC3)C2=O)CC1)c1ccccc1)C(=O)c1cc(Cl)cc(Cl)c1. The van der Waals surface area contributed by atoms with E-state index in [0.29, 0.717) is 40.8 Å². The summed E-state index contributed by atoms with van der Waals surface area (Å²) in [6.07, 6.45) is 5.30. The average molecular weight is 744 g/mol. The fourth-order valence-electron chi connectivity index (χ4n) is 7.12. The Kier molecular flexibility index (Phi) is 13.8. The van der Waals surface area contributed by atoms with Crippen molar-refractivity contribution in [2.45, 2.75) is 50.5 Å². The van der Waals surface area contributed by atoms with Gasteiger partial charge in [0.2, 0.25) is 5.91 Å². The Morgan fingerprint density at radius 1 is 1.00 bits per heavy atom. The summed E-state index contributed by atoms with van der Waals surface area (Å²) in [5.41, 5.74) is 7.59. The second-order valence-corrected chi connectivity index (χ2v) is 14.3. The van der Waals surface area contributed by atoms with Gasteiger partial charge in [-0.05, 0) is 68.8 Å². The summed E-state index contributed by atoms with van der Waals surface area (Å²) in [4.78, 5) is 54.8. The molecule has 3 heterocycles. The Bertz CT molecular complexity index is 1540. The number of nitrogens with two attached hydrogens (primary N) is 1. The number of rotatable bonds is 14. The van der Waals surface area contributed by atoms with Crippen molar-refractivity contribution < 1.29 is 24.4 Å². The Balaban J connectivity index is 1.24. The first kappa shape index (κ1) is 38.2. The van der Waals surface area contributed by atoms with Gasteiger partial charge in [0, 0.05) is 73.9 Å². The predicted octanol–water partition coefficient (Wildman–Crippen LogP) is 4.57. The zero-order valence-corrected chi connectivity index (χ0v) is 30.6. The first-order valence-corrected chi connectivity index (χ1v) is 18.4. The number of urea groups is 1. The van der Waals surface area contributed by atoms with Gasteiger partial charge in [-0.3, -0.25) is 9.59 Å². The van der Waals surface area contributed by atoms with E-state index in [0.717, 1.165) is 70.4 Å². The lowest BCUT2D eigenvalue weighted by molar-refractivity contribution is -0.131. The number of halogens is 2. The molecule has 0 radical (unpaired) electrons. The maximum atomic E-state index is 13.5. The second kappa shape index (κ2) is 18.4. The molecule has 3 fully saturated rings. The standard InChI is InChI=1S/C36H48Cl2N8O5/c1-42(35(48)27-20-28(37)22-29(38)21-27)23-32(41-51-25-33(39)40-50)31(26-8-3-2-4-9-26)12-19-43-17-10-30(11-18-43)46-16-7-15-45(36(46)49)24-34(47)44-13-5-6-14-44/h2-4,8-9,20-22,30-31,50H,5-7,10-19,23-25H2,1H3,(H2,39,40)/b41-32+. The van der Waals surface area contributed by atoms with Crippen LogP contribution in [-0.2, 0) is 9.63 Å². The number of likely N-dealkylation sites (tertiary alicyclic amines) is 2. The summed E-state index contributed by atoms with van der Waals surface area (Å²) in [6, 6.07) is 14.7. The molecule has 2 aromatic carbocycles. The van der Waals surface area contributed by atoms with E-state index in [4.69, 9.17) is 39.0 Å². The highest BCUT2D eigenvalue weighted by Crippen LogP contribution is 2.27. The highest BCUT2D eigenvalue weighted by atomic mass is 35.5. The molecule has 0 bridgehead atoms. The lowest BCUT2D eigenvalue weighted by Crippen LogP contribution is -2.57. The molecule has 3 saturated heterocycles. The molecule has 0 saturated carbocycles. The van der Waals surface area contributed by atoms with Gasteiger partial charge in [0.05, 0.1) is 12.3 Å². The number of hydrogen-bond acceptors (Lipinski definition) is 8. The molecule has 0 aliphatic carbocycles. The van der Waals surface area contributed by atoms with Crippen LogP contribution in [0, 0.1) is 0 Å². The third kappa shape index (κ3) is 10.5. The molecule has 276 valence electrons. The largest absolute Gasteiger partial charge is 0.409 e. The summed E-state index contributed by atoms with van der Waals surface area (Å²) in [7, 11) is 1.67. The molecular formula is C36H48Cl2N8O5. The van der Waals surface area contributed by atoms with Crippen molar-refractivity contribution in [1.29, 1.82) is 0 Å². The predicted molar refractivity (Wildman–Crippen MR) is 198 cm³/mol. The second-order valence-electron chi connectivity index (χ2n) is 13.4. The lowest BCUT2D eigenvalue weighted by atomic mass is 9.89. The van der Waals surface area contributed by atoms with Crippen molar-refractivity contribution in [2.75, 3.05) is 72.6 Å². The number of benzene rings is 2. The van der Waals surface area contributed by atoms with E-state index < -0.39 is 0 Å². The van der Waals surface area contributed by atoms with Crippen molar-refractivity contribution in [2.24, 2.45) is 16.0 Å². The molecule has 15 heteroatoms. The molecule has 3 aliphatic heterocycles. The molecule has 5 rings (SSSR count). The van der Waals surface area contributed by atoms with Gasteiger partial charge in [-0.25, -0.2) is 4.79 Å². The van der Waals surface area contributed by atoms with Crippen LogP contribution in [0.3, 0.4) is 0 Å². The van der Waals surface area contributed by atoms with Crippen LogP contribution in [0.2, 0.25) is 10.0 Å². The van der Waals surface area contributed by atoms with E-state index in [1.807, 2.05) is 40.1 Å². The van der Waals surface area contributed by atoms with E-state index in [1.165, 1.54) is 4.90 Å². The van der Waals surface area contributed by atoms with Gasteiger partial charge >= 0.3 is 6.03 Å². The maximum Gasteiger partial charge on any atom is 0.320 e. The molecular weight excluding hydrogens is 695 g/mol. The highest BCUT2D eigenvalue weighted by Gasteiger charge is 2.35. The summed E-state index contributed by atoms with van der Waals surface area (Å²) in [5, 5.41) is 17.1. The van der Waals surface area contributed by atoms with Crippen LogP contribution >= 0.6 is 23.2 Å². The van der Waals surface area contributed by atoms with Gasteiger partial charge in [0.25, 0.3) is 5.91 Å². The molecule has 3 aliphatic rings. The molecule has 3 N–H and O–H groups in total. The summed E-state index contributed by atoms with van der Waals surface area (Å²) < 4.78 is 0. The zero-order valence-electron chi connectivity index (χ0n) is 29.1. The Hall–Kier alpha value is -4.07. The fourth-order valence-corrected chi connectivity index (χ4v) is 7.65. The third-order valence-corrected chi connectivity index (χ3v) is 10.3. The lowest BCUT2D eigenvalue weighted by Gasteiger charge is -2.43. The van der Waals surface area contributed by atoms with Crippen LogP contribution in [0.5, 0.6) is 0 Å². The van der Waals surface area contributed by atoms with Crippen LogP contribution in [0.15, 0.2) is 58.8 Å². The molecule has 51 heavy (non-hydrogen) atoms. The van der Waals surface area contributed by atoms with E-state index in [1.54, 1.807) is 30.1 Å². The normalized spacial score (nSPS) is 18.6. The number of oxime groups is 2. The molecule has 0 aromatic heterocycles. The van der Waals surface area contributed by atoms with Crippen LogP contribution in [0.25, 0.3) is 0 Å². The van der Waals surface area contributed by atoms with E-state index >= 15 is 0 Å². The quantitative estimate of drug-likeness (QED) is 0.125. The minimum atomic E-state index is -0.288. The van der Waals surface area contributed by atoms with Crippen molar-refractivity contribution >= 4 is 52.6 Å². The first-order valence-electron chi connectivity index (χ1n) is 17.6. The molecule has 0 spiro atoms. The van der Waals surface area contributed by atoms with Gasteiger partial charge in [0.15, 0.2) is 12.4 Å². The van der Waals surface area contributed by atoms with E-state index in [-0.39, 0.29) is 55.3 Å². The van der Waals surface area contributed by atoms with Gasteiger partial charge in [-0.2, -0.15) is 0 Å². The van der Waals surface area contributed by atoms with Gasteiger partial charge in [-0.15, -0.1) is 0 Å². The number of amidine groups is 1. The van der Waals surface area contributed by atoms with Crippen molar-refractivity contribution in [1.82, 2.24) is 24.5 Å². The van der Waals surface area contributed by atoms with Crippen LogP contribution in [0.1, 0.15) is 60.4 Å². The van der Waals surface area contributed by atoms with Gasteiger partial charge in [0.1, 0.15) is 6.54 Å². The van der Waals surface area contributed by atoms with Crippen LogP contribution in [0.4, 0.5) is 4.79 Å². The molecule has 4 amide bonds. The van der Waals surface area contributed by atoms with Crippen molar-refractivity contribution in [3.05, 3.63) is 69.7 Å². The Morgan fingerprint density at radius 3 is 2.35 bits per heavy atom.